The molecule has 2 aliphatic heterocycles. The molecule has 0 saturated carbocycles. The van der Waals surface area contributed by atoms with Crippen molar-refractivity contribution < 1.29 is 18.7 Å². The Kier molecular flexibility index (Phi) is 7.46. The third-order valence-electron chi connectivity index (χ3n) is 7.13. The van der Waals surface area contributed by atoms with E-state index in [4.69, 9.17) is 16.3 Å². The van der Waals surface area contributed by atoms with Crippen LogP contribution in [0, 0.1) is 11.7 Å². The van der Waals surface area contributed by atoms with Gasteiger partial charge in [0.1, 0.15) is 23.5 Å². The van der Waals surface area contributed by atoms with Gasteiger partial charge in [0.25, 0.3) is 0 Å². The van der Waals surface area contributed by atoms with E-state index in [-0.39, 0.29) is 28.5 Å². The van der Waals surface area contributed by atoms with Crippen LogP contribution in [0.1, 0.15) is 33.1 Å². The molecular formula is C28H29ClFN5O3. The largest absolute Gasteiger partial charge is 0.486 e. The molecule has 1 aromatic heterocycles. The lowest BCUT2D eigenvalue weighted by molar-refractivity contribution is -0.121. The van der Waals surface area contributed by atoms with Gasteiger partial charge in [-0.3, -0.25) is 9.69 Å². The van der Waals surface area contributed by atoms with E-state index in [9.17, 15) is 14.0 Å². The molecule has 10 heteroatoms. The average Bonchev–Trinajstić information content (AvgIpc) is 2.93. The molecule has 1 fully saturated rings. The van der Waals surface area contributed by atoms with Gasteiger partial charge in [-0.2, -0.15) is 0 Å². The van der Waals surface area contributed by atoms with Crippen LogP contribution < -0.4 is 19.9 Å². The zero-order valence-corrected chi connectivity index (χ0v) is 22.0. The van der Waals surface area contributed by atoms with E-state index in [0.717, 1.165) is 43.1 Å². The van der Waals surface area contributed by atoms with Crippen LogP contribution in [-0.4, -0.2) is 47.5 Å². The minimum atomic E-state index is -0.603. The maximum absolute atomic E-state index is 14.3. The minimum Gasteiger partial charge on any atom is -0.486 e. The van der Waals surface area contributed by atoms with Crippen molar-refractivity contribution in [1.82, 2.24) is 9.97 Å². The summed E-state index contributed by atoms with van der Waals surface area (Å²) in [7, 11) is 0. The molecule has 1 saturated heterocycles. The Labute approximate surface area is 225 Å². The van der Waals surface area contributed by atoms with E-state index < -0.39 is 11.8 Å². The molecule has 38 heavy (non-hydrogen) atoms. The van der Waals surface area contributed by atoms with E-state index in [1.165, 1.54) is 12.1 Å². The zero-order valence-electron chi connectivity index (χ0n) is 21.3. The highest BCUT2D eigenvalue weighted by Gasteiger charge is 2.30. The number of carbonyl (C=O) groups is 2. The molecule has 0 spiro atoms. The second-order valence-electron chi connectivity index (χ2n) is 9.64. The number of hydrogen-bond donors (Lipinski definition) is 1. The van der Waals surface area contributed by atoms with Crippen molar-refractivity contribution in [2.45, 2.75) is 39.2 Å². The standard InChI is InChI=1S/C28H29ClFN5O3/c1-3-22-16-35(28(37)33-24-6-5-21(29)13-23(24)30)25-7-4-19(12-26(25)38-22)20-14-31-27(32-15-20)34-10-8-18(9-11-34)17(2)36/h4-7,12-15,18,22H,3,8-11,16H2,1-2H3,(H,33,37). The first-order valence-corrected chi connectivity index (χ1v) is 13.1. The fraction of sp³-hybridized carbons (Fsp3) is 0.357. The summed E-state index contributed by atoms with van der Waals surface area (Å²) in [5.74, 6) is 0.971. The van der Waals surface area contributed by atoms with Crippen molar-refractivity contribution >= 4 is 40.7 Å². The lowest BCUT2D eigenvalue weighted by Gasteiger charge is -2.35. The lowest BCUT2D eigenvalue weighted by Crippen LogP contribution is -2.45. The first-order chi connectivity index (χ1) is 18.3. The van der Waals surface area contributed by atoms with E-state index in [2.05, 4.69) is 20.2 Å². The smallest absolute Gasteiger partial charge is 0.326 e. The van der Waals surface area contributed by atoms with E-state index in [1.54, 1.807) is 24.2 Å². The number of benzene rings is 2. The number of anilines is 3. The van der Waals surface area contributed by atoms with Gasteiger partial charge >= 0.3 is 6.03 Å². The van der Waals surface area contributed by atoms with Crippen molar-refractivity contribution in [3.63, 3.8) is 0 Å². The number of hydrogen-bond acceptors (Lipinski definition) is 6. The van der Waals surface area contributed by atoms with Gasteiger partial charge in [0.05, 0.1) is 17.9 Å². The molecule has 2 amide bonds. The zero-order chi connectivity index (χ0) is 26.8. The van der Waals surface area contributed by atoms with Crippen molar-refractivity contribution in [3.8, 4) is 16.9 Å². The Balaban J connectivity index is 1.34. The van der Waals surface area contributed by atoms with Crippen LogP contribution in [0.15, 0.2) is 48.8 Å². The number of ether oxygens (including phenoxy) is 1. The molecule has 0 bridgehead atoms. The van der Waals surface area contributed by atoms with Crippen LogP contribution in [0.25, 0.3) is 11.1 Å². The van der Waals surface area contributed by atoms with Crippen LogP contribution in [0.2, 0.25) is 5.02 Å². The molecule has 0 aliphatic carbocycles. The summed E-state index contributed by atoms with van der Waals surface area (Å²) in [6.07, 6.45) is 5.66. The number of fused-ring (bicyclic) bond motifs is 1. The molecule has 3 aromatic rings. The number of carbonyl (C=O) groups excluding carboxylic acids is 2. The fourth-order valence-electron chi connectivity index (χ4n) is 4.83. The number of amides is 2. The maximum Gasteiger partial charge on any atom is 0.326 e. The number of halogens is 2. The van der Waals surface area contributed by atoms with Crippen molar-refractivity contribution in [2.24, 2.45) is 5.92 Å². The normalized spacial score (nSPS) is 17.5. The maximum atomic E-state index is 14.3. The Bertz CT molecular complexity index is 1340. The number of nitrogens with zero attached hydrogens (tertiary/aromatic N) is 4. The number of aromatic nitrogens is 2. The molecule has 8 nitrogen and oxygen atoms in total. The fourth-order valence-corrected chi connectivity index (χ4v) is 4.99. The Morgan fingerprint density at radius 2 is 1.84 bits per heavy atom. The Morgan fingerprint density at radius 1 is 1.11 bits per heavy atom. The third-order valence-corrected chi connectivity index (χ3v) is 7.36. The number of piperidine rings is 1. The molecule has 2 aromatic carbocycles. The predicted molar refractivity (Wildman–Crippen MR) is 146 cm³/mol. The molecule has 3 heterocycles. The van der Waals surface area contributed by atoms with Crippen LogP contribution in [0.4, 0.5) is 26.5 Å². The quantitative estimate of drug-likeness (QED) is 0.432. The summed E-state index contributed by atoms with van der Waals surface area (Å²) >= 11 is 5.83. The summed E-state index contributed by atoms with van der Waals surface area (Å²) < 4.78 is 20.5. The van der Waals surface area contributed by atoms with Crippen molar-refractivity contribution in [1.29, 1.82) is 0 Å². The van der Waals surface area contributed by atoms with Crippen LogP contribution >= 0.6 is 11.6 Å². The van der Waals surface area contributed by atoms with Gasteiger partial charge in [0, 0.05) is 42.0 Å². The lowest BCUT2D eigenvalue weighted by atomic mass is 9.93. The molecular weight excluding hydrogens is 509 g/mol. The first kappa shape index (κ1) is 25.9. The Hall–Kier alpha value is -3.72. The Morgan fingerprint density at radius 3 is 2.50 bits per heavy atom. The molecule has 198 valence electrons. The number of urea groups is 1. The van der Waals surface area contributed by atoms with Gasteiger partial charge in [-0.25, -0.2) is 19.2 Å². The third kappa shape index (κ3) is 5.43. The predicted octanol–water partition coefficient (Wildman–Crippen LogP) is 5.95. The minimum absolute atomic E-state index is 0.0554. The number of Topliss-reactive ketones (excluding diaryl/α,β-unsaturated/α-hetero) is 1. The van der Waals surface area contributed by atoms with Crippen LogP contribution in [0.3, 0.4) is 0 Å². The topological polar surface area (TPSA) is 87.7 Å². The average molecular weight is 538 g/mol. The van der Waals surface area contributed by atoms with Crippen LogP contribution in [0.5, 0.6) is 5.75 Å². The van der Waals surface area contributed by atoms with Crippen molar-refractivity contribution in [3.05, 3.63) is 59.6 Å². The summed E-state index contributed by atoms with van der Waals surface area (Å²) in [6, 6.07) is 9.23. The van der Waals surface area contributed by atoms with E-state index >= 15 is 0 Å². The first-order valence-electron chi connectivity index (χ1n) is 12.7. The van der Waals surface area contributed by atoms with E-state index in [1.807, 2.05) is 25.1 Å². The second kappa shape index (κ2) is 10.9. The van der Waals surface area contributed by atoms with Gasteiger partial charge in [-0.1, -0.05) is 24.6 Å². The molecule has 1 atom stereocenters. The number of rotatable bonds is 5. The summed E-state index contributed by atoms with van der Waals surface area (Å²) in [5.41, 5.74) is 2.32. The highest BCUT2D eigenvalue weighted by molar-refractivity contribution is 6.30. The molecule has 0 radical (unpaired) electrons. The van der Waals surface area contributed by atoms with Gasteiger partial charge in [-0.15, -0.1) is 0 Å². The molecule has 1 N–H and O–H groups in total. The second-order valence-corrected chi connectivity index (χ2v) is 10.1. The van der Waals surface area contributed by atoms with E-state index in [0.29, 0.717) is 30.4 Å². The van der Waals surface area contributed by atoms with Gasteiger partial charge in [0.15, 0.2) is 0 Å². The molecule has 5 rings (SSSR count). The summed E-state index contributed by atoms with van der Waals surface area (Å²) in [5, 5.41) is 2.89. The van der Waals surface area contributed by atoms with Gasteiger partial charge < -0.3 is 15.0 Å². The highest BCUT2D eigenvalue weighted by Crippen LogP contribution is 2.38. The SMILES string of the molecule is CCC1CN(C(=O)Nc2ccc(Cl)cc2F)c2ccc(-c3cnc(N4CCC(C(C)=O)CC4)nc3)cc2O1. The number of ketones is 1. The monoisotopic (exact) mass is 537 g/mol. The highest BCUT2D eigenvalue weighted by atomic mass is 35.5. The van der Waals surface area contributed by atoms with Crippen LogP contribution in [-0.2, 0) is 4.79 Å². The molecule has 2 aliphatic rings. The molecule has 1 unspecified atom stereocenters. The summed E-state index contributed by atoms with van der Waals surface area (Å²) in [6.45, 7) is 5.49. The van der Waals surface area contributed by atoms with Crippen molar-refractivity contribution in [2.75, 3.05) is 34.8 Å². The summed E-state index contributed by atoms with van der Waals surface area (Å²) in [4.78, 5) is 37.6. The van der Waals surface area contributed by atoms with Gasteiger partial charge in [-0.05, 0) is 62.1 Å². The number of nitrogens with one attached hydrogen (secondary N) is 1. The van der Waals surface area contributed by atoms with Gasteiger partial charge in [0.2, 0.25) is 5.95 Å².